The lowest BCUT2D eigenvalue weighted by Crippen LogP contribution is -2.01. The van der Waals surface area contributed by atoms with Crippen molar-refractivity contribution in [3.63, 3.8) is 0 Å². The van der Waals surface area contributed by atoms with Crippen molar-refractivity contribution in [1.29, 1.82) is 0 Å². The van der Waals surface area contributed by atoms with Crippen LogP contribution >= 0.6 is 11.6 Å². The number of hydrogen-bond acceptors (Lipinski definition) is 2. The van der Waals surface area contributed by atoms with Gasteiger partial charge >= 0.3 is 0 Å². The van der Waals surface area contributed by atoms with E-state index in [4.69, 9.17) is 21.1 Å². The molecule has 3 heteroatoms. The first-order valence-electron chi connectivity index (χ1n) is 7.61. The Kier molecular flexibility index (Phi) is 6.19. The van der Waals surface area contributed by atoms with Crippen LogP contribution in [0.5, 0.6) is 11.5 Å². The third-order valence-electron chi connectivity index (χ3n) is 3.43. The van der Waals surface area contributed by atoms with Crippen LogP contribution < -0.4 is 9.47 Å². The fourth-order valence-corrected chi connectivity index (χ4v) is 2.42. The summed E-state index contributed by atoms with van der Waals surface area (Å²) in [6.07, 6.45) is 3.50. The Morgan fingerprint density at radius 3 is 2.33 bits per heavy atom. The quantitative estimate of drug-likeness (QED) is 0.484. The SMILES string of the molecule is CCCCCOc1ccc(OCCCl)c2cc(C)ccc12. The van der Waals surface area contributed by atoms with Crippen molar-refractivity contribution in [2.45, 2.75) is 33.1 Å². The number of ether oxygens (including phenoxy) is 2. The highest BCUT2D eigenvalue weighted by Crippen LogP contribution is 2.34. The number of alkyl halides is 1. The molecule has 0 fully saturated rings. The minimum absolute atomic E-state index is 0.489. The molecule has 2 rings (SSSR count). The van der Waals surface area contributed by atoms with Crippen LogP contribution in [-0.4, -0.2) is 19.1 Å². The van der Waals surface area contributed by atoms with Gasteiger partial charge in [0.25, 0.3) is 0 Å². The Hall–Kier alpha value is -1.41. The number of halogens is 1. The fraction of sp³-hybridized carbons (Fsp3) is 0.444. The lowest BCUT2D eigenvalue weighted by atomic mass is 10.1. The topological polar surface area (TPSA) is 18.5 Å². The second-order valence-electron chi connectivity index (χ2n) is 5.20. The molecule has 0 aliphatic carbocycles. The van der Waals surface area contributed by atoms with E-state index in [-0.39, 0.29) is 0 Å². The summed E-state index contributed by atoms with van der Waals surface area (Å²) in [5.74, 6) is 2.29. The van der Waals surface area contributed by atoms with Gasteiger partial charge in [-0.15, -0.1) is 11.6 Å². The van der Waals surface area contributed by atoms with Crippen LogP contribution in [0.25, 0.3) is 10.8 Å². The van der Waals surface area contributed by atoms with Gasteiger partial charge in [0, 0.05) is 10.8 Å². The summed E-state index contributed by atoms with van der Waals surface area (Å²) < 4.78 is 11.7. The van der Waals surface area contributed by atoms with Gasteiger partial charge in [0.1, 0.15) is 18.1 Å². The number of aryl methyl sites for hydroxylation is 1. The predicted octanol–water partition coefficient (Wildman–Crippen LogP) is 5.33. The first kappa shape index (κ1) is 16.0. The summed E-state index contributed by atoms with van der Waals surface area (Å²) in [4.78, 5) is 0. The molecular weight excluding hydrogens is 284 g/mol. The van der Waals surface area contributed by atoms with Gasteiger partial charge in [-0.3, -0.25) is 0 Å². The Bertz CT molecular complexity index is 581. The molecule has 0 heterocycles. The maximum atomic E-state index is 5.94. The molecular formula is C18H23ClO2. The van der Waals surface area contributed by atoms with E-state index in [1.807, 2.05) is 12.1 Å². The van der Waals surface area contributed by atoms with Crippen molar-refractivity contribution >= 4 is 22.4 Å². The molecule has 114 valence electrons. The maximum absolute atomic E-state index is 5.94. The molecule has 0 unspecified atom stereocenters. The van der Waals surface area contributed by atoms with Gasteiger partial charge in [-0.1, -0.05) is 37.5 Å². The maximum Gasteiger partial charge on any atom is 0.127 e. The molecule has 2 aromatic rings. The normalized spacial score (nSPS) is 10.8. The van der Waals surface area contributed by atoms with Crippen LogP contribution in [0.2, 0.25) is 0 Å². The number of fused-ring (bicyclic) bond motifs is 1. The van der Waals surface area contributed by atoms with Gasteiger partial charge in [-0.25, -0.2) is 0 Å². The van der Waals surface area contributed by atoms with Crippen molar-refractivity contribution in [2.24, 2.45) is 0 Å². The summed E-state index contributed by atoms with van der Waals surface area (Å²) in [6, 6.07) is 10.3. The molecule has 21 heavy (non-hydrogen) atoms. The summed E-state index contributed by atoms with van der Waals surface area (Å²) in [5.41, 5.74) is 1.21. The highest BCUT2D eigenvalue weighted by molar-refractivity contribution is 6.18. The minimum atomic E-state index is 0.489. The zero-order valence-corrected chi connectivity index (χ0v) is 13.6. The summed E-state index contributed by atoms with van der Waals surface area (Å²) in [6.45, 7) is 5.56. The lowest BCUT2D eigenvalue weighted by Gasteiger charge is -2.13. The molecule has 0 atom stereocenters. The van der Waals surface area contributed by atoms with Gasteiger partial charge in [-0.2, -0.15) is 0 Å². The lowest BCUT2D eigenvalue weighted by molar-refractivity contribution is 0.308. The highest BCUT2D eigenvalue weighted by Gasteiger charge is 2.08. The van der Waals surface area contributed by atoms with Crippen LogP contribution in [0.4, 0.5) is 0 Å². The average molecular weight is 307 g/mol. The van der Waals surface area contributed by atoms with E-state index in [0.717, 1.165) is 35.3 Å². The van der Waals surface area contributed by atoms with E-state index >= 15 is 0 Å². The van der Waals surface area contributed by atoms with Gasteiger partial charge in [0.2, 0.25) is 0 Å². The summed E-state index contributed by atoms with van der Waals surface area (Å²) >= 11 is 5.71. The van der Waals surface area contributed by atoms with Crippen LogP contribution in [0, 0.1) is 6.92 Å². The molecule has 0 saturated heterocycles. The van der Waals surface area contributed by atoms with Gasteiger partial charge < -0.3 is 9.47 Å². The number of hydrogen-bond donors (Lipinski definition) is 0. The van der Waals surface area contributed by atoms with Gasteiger partial charge in [0.05, 0.1) is 12.5 Å². The van der Waals surface area contributed by atoms with Crippen molar-refractivity contribution in [3.8, 4) is 11.5 Å². The molecule has 0 amide bonds. The molecule has 0 spiro atoms. The van der Waals surface area contributed by atoms with E-state index in [1.165, 1.54) is 18.4 Å². The smallest absolute Gasteiger partial charge is 0.127 e. The van der Waals surface area contributed by atoms with E-state index in [2.05, 4.69) is 32.0 Å². The van der Waals surface area contributed by atoms with Crippen LogP contribution in [0.3, 0.4) is 0 Å². The second kappa shape index (κ2) is 8.14. The third kappa shape index (κ3) is 4.28. The molecule has 0 saturated carbocycles. The molecule has 2 nitrogen and oxygen atoms in total. The van der Waals surface area contributed by atoms with Crippen molar-refractivity contribution in [1.82, 2.24) is 0 Å². The molecule has 2 aromatic carbocycles. The second-order valence-corrected chi connectivity index (χ2v) is 5.58. The Balaban J connectivity index is 2.26. The highest BCUT2D eigenvalue weighted by atomic mass is 35.5. The fourth-order valence-electron chi connectivity index (χ4n) is 2.34. The molecule has 0 bridgehead atoms. The first-order chi connectivity index (χ1) is 10.3. The minimum Gasteiger partial charge on any atom is -0.493 e. The largest absolute Gasteiger partial charge is 0.493 e. The Morgan fingerprint density at radius 2 is 1.62 bits per heavy atom. The van der Waals surface area contributed by atoms with Gasteiger partial charge in [0.15, 0.2) is 0 Å². The number of unbranched alkanes of at least 4 members (excludes halogenated alkanes) is 2. The van der Waals surface area contributed by atoms with E-state index in [0.29, 0.717) is 12.5 Å². The van der Waals surface area contributed by atoms with E-state index in [9.17, 15) is 0 Å². The van der Waals surface area contributed by atoms with E-state index in [1.54, 1.807) is 0 Å². The zero-order valence-electron chi connectivity index (χ0n) is 12.8. The zero-order chi connectivity index (χ0) is 15.1. The average Bonchev–Trinajstić information content (AvgIpc) is 2.50. The van der Waals surface area contributed by atoms with Crippen molar-refractivity contribution in [2.75, 3.05) is 19.1 Å². The molecule has 0 aromatic heterocycles. The van der Waals surface area contributed by atoms with E-state index < -0.39 is 0 Å². The summed E-state index contributed by atoms with van der Waals surface area (Å²) in [5, 5.41) is 2.19. The Morgan fingerprint density at radius 1 is 0.905 bits per heavy atom. The predicted molar refractivity (Wildman–Crippen MR) is 89.9 cm³/mol. The first-order valence-corrected chi connectivity index (χ1v) is 8.14. The van der Waals surface area contributed by atoms with Crippen molar-refractivity contribution in [3.05, 3.63) is 35.9 Å². The van der Waals surface area contributed by atoms with Crippen molar-refractivity contribution < 1.29 is 9.47 Å². The standard InChI is InChI=1S/C18H23ClO2/c1-3-4-5-11-20-17-8-9-18(21-12-10-19)16-13-14(2)6-7-15(16)17/h6-9,13H,3-5,10-12H2,1-2H3. The monoisotopic (exact) mass is 306 g/mol. The Labute approximate surface area is 132 Å². The number of rotatable bonds is 8. The summed E-state index contributed by atoms with van der Waals surface area (Å²) in [7, 11) is 0. The third-order valence-corrected chi connectivity index (χ3v) is 3.59. The molecule has 0 aliphatic heterocycles. The molecule has 0 aliphatic rings. The van der Waals surface area contributed by atoms with Crippen LogP contribution in [0.15, 0.2) is 30.3 Å². The van der Waals surface area contributed by atoms with Crippen LogP contribution in [-0.2, 0) is 0 Å². The van der Waals surface area contributed by atoms with Crippen LogP contribution in [0.1, 0.15) is 31.7 Å². The number of benzene rings is 2. The molecule has 0 radical (unpaired) electrons. The van der Waals surface area contributed by atoms with Gasteiger partial charge in [-0.05, 0) is 31.5 Å². The molecule has 0 N–H and O–H groups in total.